The SMILES string of the molecule is COc1cc2ncc(-c3ccnc(NC[C@H]4CNC[C@@H]4F)n3)n2cc1C(C)(O)C(F)(F)F. The number of imidazole rings is 1. The van der Waals surface area contributed by atoms with E-state index in [9.17, 15) is 22.7 Å². The Hall–Kier alpha value is -2.99. The van der Waals surface area contributed by atoms with Crippen LogP contribution in [-0.2, 0) is 5.60 Å². The number of pyridine rings is 1. The Morgan fingerprint density at radius 3 is 2.75 bits per heavy atom. The molecule has 0 radical (unpaired) electrons. The fourth-order valence-corrected chi connectivity index (χ4v) is 3.59. The molecule has 0 bridgehead atoms. The quantitative estimate of drug-likeness (QED) is 0.493. The molecule has 172 valence electrons. The highest BCUT2D eigenvalue weighted by Gasteiger charge is 2.53. The maximum Gasteiger partial charge on any atom is 0.421 e. The second-order valence-corrected chi connectivity index (χ2v) is 7.78. The van der Waals surface area contributed by atoms with Crippen LogP contribution < -0.4 is 15.4 Å². The summed E-state index contributed by atoms with van der Waals surface area (Å²) in [5.74, 6) is -0.0989. The van der Waals surface area contributed by atoms with Crippen LogP contribution >= 0.6 is 0 Å². The standard InChI is InChI=1S/C20H22F4N6O2/c1-19(31,20(22,23)24)12-10-30-15(9-27-17(30)5-16(12)32-2)14-3-4-26-18(29-14)28-7-11-6-25-8-13(11)21/h3-5,9-11,13,25,31H,6-8H2,1-2H3,(H,26,28,29)/t11-,13+,19?/m1/s1. The summed E-state index contributed by atoms with van der Waals surface area (Å²) in [6, 6.07) is 2.89. The predicted molar refractivity (Wildman–Crippen MR) is 108 cm³/mol. The number of rotatable bonds is 6. The lowest BCUT2D eigenvalue weighted by atomic mass is 9.96. The Balaban J connectivity index is 1.70. The fourth-order valence-electron chi connectivity index (χ4n) is 3.59. The second-order valence-electron chi connectivity index (χ2n) is 7.78. The smallest absolute Gasteiger partial charge is 0.421 e. The van der Waals surface area contributed by atoms with Crippen molar-refractivity contribution in [3.05, 3.63) is 36.3 Å². The molecule has 1 aliphatic heterocycles. The van der Waals surface area contributed by atoms with Crippen LogP contribution in [0.15, 0.2) is 30.7 Å². The monoisotopic (exact) mass is 454 g/mol. The molecule has 32 heavy (non-hydrogen) atoms. The molecule has 3 N–H and O–H groups in total. The molecule has 1 aliphatic rings. The first-order valence-corrected chi connectivity index (χ1v) is 9.88. The molecule has 8 nitrogen and oxygen atoms in total. The van der Waals surface area contributed by atoms with E-state index in [2.05, 4.69) is 25.6 Å². The van der Waals surface area contributed by atoms with Gasteiger partial charge in [-0.3, -0.25) is 4.40 Å². The summed E-state index contributed by atoms with van der Waals surface area (Å²) >= 11 is 0. The number of nitrogens with zero attached hydrogens (tertiary/aromatic N) is 4. The molecule has 1 fully saturated rings. The molecular weight excluding hydrogens is 432 g/mol. The first-order valence-electron chi connectivity index (χ1n) is 9.88. The molecule has 0 spiro atoms. The van der Waals surface area contributed by atoms with Crippen molar-refractivity contribution in [1.29, 1.82) is 0 Å². The molecule has 0 aliphatic carbocycles. The molecule has 3 atom stereocenters. The summed E-state index contributed by atoms with van der Waals surface area (Å²) in [7, 11) is 1.22. The number of alkyl halides is 4. The molecule has 4 rings (SSSR count). The van der Waals surface area contributed by atoms with Gasteiger partial charge in [0.05, 0.1) is 30.3 Å². The summed E-state index contributed by atoms with van der Waals surface area (Å²) in [6.07, 6.45) is -1.81. The number of hydrogen-bond acceptors (Lipinski definition) is 7. The van der Waals surface area contributed by atoms with E-state index in [0.717, 1.165) is 6.20 Å². The van der Waals surface area contributed by atoms with E-state index in [1.54, 1.807) is 6.07 Å². The second kappa shape index (κ2) is 8.17. The Morgan fingerprint density at radius 2 is 2.09 bits per heavy atom. The topological polar surface area (TPSA) is 96.6 Å². The van der Waals surface area contributed by atoms with Gasteiger partial charge in [-0.2, -0.15) is 13.2 Å². The zero-order chi connectivity index (χ0) is 23.1. The Kier molecular flexibility index (Phi) is 5.67. The highest BCUT2D eigenvalue weighted by Crippen LogP contribution is 2.43. The van der Waals surface area contributed by atoms with Crippen LogP contribution in [0.25, 0.3) is 17.0 Å². The van der Waals surface area contributed by atoms with E-state index < -0.39 is 23.5 Å². The number of ether oxygens (including phenoxy) is 1. The number of aromatic nitrogens is 4. The van der Waals surface area contributed by atoms with Crippen LogP contribution in [0.1, 0.15) is 12.5 Å². The van der Waals surface area contributed by atoms with Crippen molar-refractivity contribution in [3.8, 4) is 17.1 Å². The van der Waals surface area contributed by atoms with Crippen LogP contribution in [0, 0.1) is 5.92 Å². The maximum absolute atomic E-state index is 13.8. The minimum atomic E-state index is -4.93. The third kappa shape index (κ3) is 3.95. The normalized spacial score (nSPS) is 21.0. The highest BCUT2D eigenvalue weighted by molar-refractivity contribution is 5.63. The van der Waals surface area contributed by atoms with Gasteiger partial charge in [-0.15, -0.1) is 0 Å². The summed E-state index contributed by atoms with van der Waals surface area (Å²) in [4.78, 5) is 12.7. The van der Waals surface area contributed by atoms with Gasteiger partial charge in [0.1, 0.15) is 17.6 Å². The lowest BCUT2D eigenvalue weighted by Gasteiger charge is -2.28. The lowest BCUT2D eigenvalue weighted by molar-refractivity contribution is -0.259. The van der Waals surface area contributed by atoms with Gasteiger partial charge in [-0.25, -0.2) is 19.3 Å². The Bertz CT molecular complexity index is 1120. The first-order chi connectivity index (χ1) is 15.1. The van der Waals surface area contributed by atoms with Crippen molar-refractivity contribution in [3.63, 3.8) is 0 Å². The number of hydrogen-bond donors (Lipinski definition) is 3. The van der Waals surface area contributed by atoms with Crippen molar-refractivity contribution in [1.82, 2.24) is 24.7 Å². The minimum absolute atomic E-state index is 0.145. The number of anilines is 1. The maximum atomic E-state index is 13.8. The van der Waals surface area contributed by atoms with E-state index in [0.29, 0.717) is 43.6 Å². The van der Waals surface area contributed by atoms with E-state index in [1.807, 2.05) is 0 Å². The van der Waals surface area contributed by atoms with E-state index in [1.165, 1.54) is 30.0 Å². The van der Waals surface area contributed by atoms with Crippen molar-refractivity contribution in [2.45, 2.75) is 24.9 Å². The van der Waals surface area contributed by atoms with Gasteiger partial charge < -0.3 is 20.5 Å². The minimum Gasteiger partial charge on any atom is -0.496 e. The number of nitrogens with one attached hydrogen (secondary N) is 2. The van der Waals surface area contributed by atoms with Crippen molar-refractivity contribution in [2.24, 2.45) is 5.92 Å². The average Bonchev–Trinajstić information content (AvgIpc) is 3.36. The summed E-state index contributed by atoms with van der Waals surface area (Å²) in [6.45, 7) is 1.85. The fraction of sp³-hybridized carbons (Fsp3) is 0.450. The molecule has 0 saturated carbocycles. The van der Waals surface area contributed by atoms with Crippen molar-refractivity contribution >= 4 is 11.6 Å². The van der Waals surface area contributed by atoms with Gasteiger partial charge in [-0.1, -0.05) is 0 Å². The molecule has 1 saturated heterocycles. The summed E-state index contributed by atoms with van der Waals surface area (Å²) in [5.41, 5.74) is -2.53. The molecular formula is C20H22F4N6O2. The van der Waals surface area contributed by atoms with Crippen LogP contribution in [-0.4, -0.2) is 63.6 Å². The van der Waals surface area contributed by atoms with Gasteiger partial charge in [0.2, 0.25) is 5.95 Å². The highest BCUT2D eigenvalue weighted by atomic mass is 19.4. The third-order valence-corrected chi connectivity index (χ3v) is 5.60. The molecule has 3 aromatic heterocycles. The van der Waals surface area contributed by atoms with Gasteiger partial charge in [0.15, 0.2) is 5.60 Å². The molecule has 12 heteroatoms. The van der Waals surface area contributed by atoms with E-state index in [4.69, 9.17) is 4.74 Å². The van der Waals surface area contributed by atoms with Crippen LogP contribution in [0.3, 0.4) is 0 Å². The van der Waals surface area contributed by atoms with Crippen molar-refractivity contribution in [2.75, 3.05) is 32.1 Å². The number of methoxy groups -OCH3 is 1. The average molecular weight is 454 g/mol. The molecule has 3 aromatic rings. The summed E-state index contributed by atoms with van der Waals surface area (Å²) < 4.78 is 60.7. The lowest BCUT2D eigenvalue weighted by Crippen LogP contribution is -2.39. The zero-order valence-corrected chi connectivity index (χ0v) is 17.3. The van der Waals surface area contributed by atoms with Gasteiger partial charge >= 0.3 is 6.18 Å². The molecule has 0 aromatic carbocycles. The van der Waals surface area contributed by atoms with Gasteiger partial charge in [0.25, 0.3) is 0 Å². The molecule has 0 amide bonds. The van der Waals surface area contributed by atoms with E-state index >= 15 is 0 Å². The molecule has 1 unspecified atom stereocenters. The van der Waals surface area contributed by atoms with Crippen LogP contribution in [0.4, 0.5) is 23.5 Å². The van der Waals surface area contributed by atoms with Crippen LogP contribution in [0.2, 0.25) is 0 Å². The van der Waals surface area contributed by atoms with Gasteiger partial charge in [-0.05, 0) is 13.0 Å². The Labute approximate surface area is 180 Å². The van der Waals surface area contributed by atoms with E-state index in [-0.39, 0.29) is 17.6 Å². The first kappa shape index (κ1) is 22.2. The predicted octanol–water partition coefficient (Wildman–Crippen LogP) is 2.54. The van der Waals surface area contributed by atoms with Crippen LogP contribution in [0.5, 0.6) is 5.75 Å². The largest absolute Gasteiger partial charge is 0.496 e. The summed E-state index contributed by atoms with van der Waals surface area (Å²) in [5, 5.41) is 16.2. The third-order valence-electron chi connectivity index (χ3n) is 5.60. The number of fused-ring (bicyclic) bond motifs is 1. The molecule has 4 heterocycles. The van der Waals surface area contributed by atoms with Crippen molar-refractivity contribution < 1.29 is 27.4 Å². The zero-order valence-electron chi connectivity index (χ0n) is 17.3. The number of halogens is 4. The Morgan fingerprint density at radius 1 is 1.31 bits per heavy atom. The van der Waals surface area contributed by atoms with Gasteiger partial charge in [0, 0.05) is 44.0 Å². The number of aliphatic hydroxyl groups is 1.